The number of hydrogen-bond acceptors (Lipinski definition) is 3. The quantitative estimate of drug-likeness (QED) is 0.861. The van der Waals surface area contributed by atoms with Crippen molar-refractivity contribution in [2.75, 3.05) is 13.1 Å². The minimum absolute atomic E-state index is 0.00644. The molecule has 6 heteroatoms. The molecule has 1 aliphatic heterocycles. The number of amides is 1. The molecule has 1 atom stereocenters. The Morgan fingerprint density at radius 3 is 3.00 bits per heavy atom. The smallest absolute Gasteiger partial charge is 0.274 e. The molecule has 1 saturated heterocycles. The van der Waals surface area contributed by atoms with E-state index in [9.17, 15) is 4.79 Å². The molecule has 3 rings (SSSR count). The Bertz CT molecular complexity index is 686. The number of rotatable bonds is 4. The number of nitrogens with zero attached hydrogens (tertiary/aromatic N) is 3. The summed E-state index contributed by atoms with van der Waals surface area (Å²) in [5, 5.41) is 4.87. The summed E-state index contributed by atoms with van der Waals surface area (Å²) in [5.41, 5.74) is 0.460. The van der Waals surface area contributed by atoms with Crippen LogP contribution in [-0.4, -0.2) is 33.7 Å². The van der Waals surface area contributed by atoms with Gasteiger partial charge in [-0.25, -0.2) is 4.68 Å². The SMILES string of the molecule is C[C@@H]1CCCN(C(=O)c2ccn(COc3ccccc3Cl)n2)C1. The van der Waals surface area contributed by atoms with Gasteiger partial charge in [-0.15, -0.1) is 0 Å². The first-order valence-corrected chi connectivity index (χ1v) is 8.21. The third-order valence-electron chi connectivity index (χ3n) is 3.99. The van der Waals surface area contributed by atoms with Crippen molar-refractivity contribution >= 4 is 17.5 Å². The maximum Gasteiger partial charge on any atom is 0.274 e. The van der Waals surface area contributed by atoms with Crippen LogP contribution in [0.2, 0.25) is 5.02 Å². The molecule has 5 nitrogen and oxygen atoms in total. The lowest BCUT2D eigenvalue weighted by Crippen LogP contribution is -2.39. The zero-order chi connectivity index (χ0) is 16.2. The summed E-state index contributed by atoms with van der Waals surface area (Å²) in [6, 6.07) is 9.01. The predicted octanol–water partition coefficient (Wildman–Crippen LogP) is 3.45. The van der Waals surface area contributed by atoms with E-state index in [4.69, 9.17) is 16.3 Å². The zero-order valence-corrected chi connectivity index (χ0v) is 13.9. The minimum atomic E-state index is -0.00644. The van der Waals surface area contributed by atoms with Gasteiger partial charge in [-0.1, -0.05) is 30.7 Å². The second kappa shape index (κ2) is 7.04. The molecular weight excluding hydrogens is 314 g/mol. The van der Waals surface area contributed by atoms with Crippen LogP contribution in [-0.2, 0) is 6.73 Å². The highest BCUT2D eigenvalue weighted by Gasteiger charge is 2.23. The number of hydrogen-bond donors (Lipinski definition) is 0. The van der Waals surface area contributed by atoms with Gasteiger partial charge in [0, 0.05) is 19.3 Å². The van der Waals surface area contributed by atoms with Crippen molar-refractivity contribution in [2.24, 2.45) is 5.92 Å². The fourth-order valence-electron chi connectivity index (χ4n) is 2.78. The maximum absolute atomic E-state index is 12.5. The van der Waals surface area contributed by atoms with E-state index in [-0.39, 0.29) is 12.6 Å². The number of aromatic nitrogens is 2. The lowest BCUT2D eigenvalue weighted by molar-refractivity contribution is 0.0675. The van der Waals surface area contributed by atoms with Crippen molar-refractivity contribution < 1.29 is 9.53 Å². The van der Waals surface area contributed by atoms with Gasteiger partial charge in [0.15, 0.2) is 12.4 Å². The second-order valence-corrected chi connectivity index (χ2v) is 6.35. The van der Waals surface area contributed by atoms with Crippen molar-refractivity contribution in [3.8, 4) is 5.75 Å². The number of carbonyl (C=O) groups is 1. The topological polar surface area (TPSA) is 47.4 Å². The molecule has 0 N–H and O–H groups in total. The van der Waals surface area contributed by atoms with Crippen LogP contribution in [0.15, 0.2) is 36.5 Å². The molecule has 0 aliphatic carbocycles. The number of carbonyl (C=O) groups excluding carboxylic acids is 1. The van der Waals surface area contributed by atoms with E-state index in [1.165, 1.54) is 6.42 Å². The number of benzene rings is 1. The van der Waals surface area contributed by atoms with E-state index >= 15 is 0 Å². The van der Waals surface area contributed by atoms with Gasteiger partial charge in [-0.05, 0) is 37.0 Å². The molecule has 1 aromatic carbocycles. The highest BCUT2D eigenvalue weighted by Crippen LogP contribution is 2.23. The highest BCUT2D eigenvalue weighted by atomic mass is 35.5. The Morgan fingerprint density at radius 2 is 2.22 bits per heavy atom. The third-order valence-corrected chi connectivity index (χ3v) is 4.31. The van der Waals surface area contributed by atoms with Crippen LogP contribution in [0.1, 0.15) is 30.3 Å². The summed E-state index contributed by atoms with van der Waals surface area (Å²) in [5.74, 6) is 1.15. The van der Waals surface area contributed by atoms with Gasteiger partial charge in [-0.3, -0.25) is 4.79 Å². The second-order valence-electron chi connectivity index (χ2n) is 5.94. The number of halogens is 1. The molecule has 2 heterocycles. The molecule has 0 spiro atoms. The Hall–Kier alpha value is -2.01. The Kier molecular flexibility index (Phi) is 4.86. The van der Waals surface area contributed by atoms with Crippen molar-refractivity contribution in [1.29, 1.82) is 0 Å². The fraction of sp³-hybridized carbons (Fsp3) is 0.412. The summed E-state index contributed by atoms with van der Waals surface area (Å²) in [6.45, 7) is 4.01. The number of likely N-dealkylation sites (tertiary alicyclic amines) is 1. The lowest BCUT2D eigenvalue weighted by atomic mass is 10.0. The number of ether oxygens (including phenoxy) is 1. The van der Waals surface area contributed by atoms with Crippen LogP contribution in [0.25, 0.3) is 0 Å². The Labute approximate surface area is 140 Å². The van der Waals surface area contributed by atoms with Crippen molar-refractivity contribution in [3.63, 3.8) is 0 Å². The van der Waals surface area contributed by atoms with E-state index in [1.54, 1.807) is 29.1 Å². The molecule has 1 aliphatic rings. The summed E-state index contributed by atoms with van der Waals surface area (Å²) in [4.78, 5) is 14.4. The van der Waals surface area contributed by atoms with Crippen molar-refractivity contribution in [1.82, 2.24) is 14.7 Å². The van der Waals surface area contributed by atoms with E-state index in [1.807, 2.05) is 17.0 Å². The molecule has 1 aromatic heterocycles. The van der Waals surface area contributed by atoms with Gasteiger partial charge in [0.2, 0.25) is 0 Å². The van der Waals surface area contributed by atoms with Gasteiger partial charge in [-0.2, -0.15) is 5.10 Å². The fourth-order valence-corrected chi connectivity index (χ4v) is 2.97. The zero-order valence-electron chi connectivity index (χ0n) is 13.1. The van der Waals surface area contributed by atoms with E-state index in [2.05, 4.69) is 12.0 Å². The molecule has 2 aromatic rings. The van der Waals surface area contributed by atoms with Crippen LogP contribution in [0.3, 0.4) is 0 Å². The van der Waals surface area contributed by atoms with Crippen LogP contribution in [0.5, 0.6) is 5.75 Å². The number of piperidine rings is 1. The normalized spacial score (nSPS) is 18.0. The van der Waals surface area contributed by atoms with Crippen LogP contribution in [0.4, 0.5) is 0 Å². The first-order valence-electron chi connectivity index (χ1n) is 7.83. The summed E-state index contributed by atoms with van der Waals surface area (Å²) < 4.78 is 7.22. The van der Waals surface area contributed by atoms with Gasteiger partial charge in [0.25, 0.3) is 5.91 Å². The van der Waals surface area contributed by atoms with Gasteiger partial charge >= 0.3 is 0 Å². The van der Waals surface area contributed by atoms with Crippen LogP contribution < -0.4 is 4.74 Å². The van der Waals surface area contributed by atoms with Gasteiger partial charge in [0.05, 0.1) is 5.02 Å². The van der Waals surface area contributed by atoms with E-state index in [0.717, 1.165) is 19.5 Å². The average molecular weight is 334 g/mol. The standard InChI is InChI=1S/C17H20ClN3O2/c1-13-5-4-9-20(11-13)17(22)15-8-10-21(19-15)12-23-16-7-3-2-6-14(16)18/h2-3,6-8,10,13H,4-5,9,11-12H2,1H3/t13-/m1/s1. The molecule has 122 valence electrons. The van der Waals surface area contributed by atoms with Crippen LogP contribution >= 0.6 is 11.6 Å². The molecule has 0 radical (unpaired) electrons. The molecular formula is C17H20ClN3O2. The molecule has 1 fully saturated rings. The summed E-state index contributed by atoms with van der Waals surface area (Å²) >= 11 is 6.05. The van der Waals surface area contributed by atoms with Crippen molar-refractivity contribution in [3.05, 3.63) is 47.2 Å². The third kappa shape index (κ3) is 3.85. The first kappa shape index (κ1) is 15.9. The molecule has 0 bridgehead atoms. The Morgan fingerprint density at radius 1 is 1.39 bits per heavy atom. The van der Waals surface area contributed by atoms with Gasteiger partial charge in [0.1, 0.15) is 5.75 Å². The van der Waals surface area contributed by atoms with Crippen molar-refractivity contribution in [2.45, 2.75) is 26.5 Å². The summed E-state index contributed by atoms with van der Waals surface area (Å²) in [7, 11) is 0. The molecule has 1 amide bonds. The molecule has 23 heavy (non-hydrogen) atoms. The van der Waals surface area contributed by atoms with E-state index < -0.39 is 0 Å². The molecule has 0 saturated carbocycles. The average Bonchev–Trinajstić information content (AvgIpc) is 3.02. The number of para-hydroxylation sites is 1. The Balaban J connectivity index is 1.61. The maximum atomic E-state index is 12.5. The van der Waals surface area contributed by atoms with Gasteiger partial charge < -0.3 is 9.64 Å². The van der Waals surface area contributed by atoms with E-state index in [0.29, 0.717) is 22.4 Å². The van der Waals surface area contributed by atoms with Crippen LogP contribution in [0, 0.1) is 5.92 Å². The molecule has 0 unspecified atom stereocenters. The highest BCUT2D eigenvalue weighted by molar-refractivity contribution is 6.32. The minimum Gasteiger partial charge on any atom is -0.470 e. The monoisotopic (exact) mass is 333 g/mol. The first-order chi connectivity index (χ1) is 11.1. The predicted molar refractivity (Wildman–Crippen MR) is 88.6 cm³/mol. The largest absolute Gasteiger partial charge is 0.470 e. The summed E-state index contributed by atoms with van der Waals surface area (Å²) in [6.07, 6.45) is 3.99. The lowest BCUT2D eigenvalue weighted by Gasteiger charge is -2.30.